The molecule has 0 aromatic heterocycles. The fourth-order valence-electron chi connectivity index (χ4n) is 0.420. The van der Waals surface area contributed by atoms with Gasteiger partial charge in [-0.3, -0.25) is 0 Å². The Morgan fingerprint density at radius 3 is 2.64 bits per heavy atom. The van der Waals surface area contributed by atoms with Gasteiger partial charge in [0.25, 0.3) is 0 Å². The zero-order chi connectivity index (χ0) is 8.69. The number of carbonyl (C=O) groups excluding carboxylic acids is 1. The van der Waals surface area contributed by atoms with Crippen LogP contribution in [-0.4, -0.2) is 38.4 Å². The van der Waals surface area contributed by atoms with Gasteiger partial charge < -0.3 is 19.3 Å². The summed E-state index contributed by atoms with van der Waals surface area (Å²) in [7, 11) is 2.58. The minimum absolute atomic E-state index is 0.0850. The molecule has 0 aliphatic heterocycles. The summed E-state index contributed by atoms with van der Waals surface area (Å²) in [6, 6.07) is 0. The highest BCUT2D eigenvalue weighted by Crippen LogP contribution is 1.93. The highest BCUT2D eigenvalue weighted by molar-refractivity contribution is 5.59. The van der Waals surface area contributed by atoms with Crippen LogP contribution < -0.4 is 0 Å². The Bertz CT molecular complexity index is 114. The van der Waals surface area contributed by atoms with Crippen LogP contribution in [0.1, 0.15) is 6.42 Å². The molecule has 0 aromatic carbocycles. The Morgan fingerprint density at radius 2 is 2.18 bits per heavy atom. The Labute approximate surface area is 64.9 Å². The average Bonchev–Trinajstić information content (AvgIpc) is 2.04. The predicted molar refractivity (Wildman–Crippen MR) is 36.0 cm³/mol. The third kappa shape index (κ3) is 5.63. The molecule has 1 unspecified atom stereocenters. The van der Waals surface area contributed by atoms with E-state index in [4.69, 9.17) is 5.11 Å². The Balaban J connectivity index is 3.20. The van der Waals surface area contributed by atoms with E-state index in [0.29, 0.717) is 0 Å². The second-order valence-electron chi connectivity index (χ2n) is 1.78. The summed E-state index contributed by atoms with van der Waals surface area (Å²) >= 11 is 0. The monoisotopic (exact) mass is 164 g/mol. The third-order valence-corrected chi connectivity index (χ3v) is 1.02. The average molecular weight is 164 g/mol. The van der Waals surface area contributed by atoms with Crippen LogP contribution in [0.25, 0.3) is 0 Å². The molecule has 0 heterocycles. The molecule has 66 valence electrons. The lowest BCUT2D eigenvalue weighted by Crippen LogP contribution is -2.14. The quantitative estimate of drug-likeness (QED) is 0.472. The van der Waals surface area contributed by atoms with Gasteiger partial charge in [0.1, 0.15) is 0 Å². The van der Waals surface area contributed by atoms with Crippen molar-refractivity contribution in [1.29, 1.82) is 0 Å². The van der Waals surface area contributed by atoms with Crippen LogP contribution >= 0.6 is 0 Å². The lowest BCUT2D eigenvalue weighted by Gasteiger charge is -2.07. The molecule has 1 N–H and O–H groups in total. The van der Waals surface area contributed by atoms with Crippen LogP contribution in [0, 0.1) is 0 Å². The molecular weight excluding hydrogens is 152 g/mol. The van der Waals surface area contributed by atoms with Gasteiger partial charge in [-0.1, -0.05) is 0 Å². The van der Waals surface area contributed by atoms with Gasteiger partial charge in [-0.15, -0.1) is 0 Å². The third-order valence-electron chi connectivity index (χ3n) is 1.02. The van der Waals surface area contributed by atoms with Crippen molar-refractivity contribution in [2.75, 3.05) is 20.8 Å². The maximum Gasteiger partial charge on any atom is 0.507 e. The zero-order valence-corrected chi connectivity index (χ0v) is 6.57. The molecular formula is C6H12O5. The van der Waals surface area contributed by atoms with E-state index in [9.17, 15) is 4.79 Å². The summed E-state index contributed by atoms with van der Waals surface area (Å²) in [6.07, 6.45) is -1.40. The van der Waals surface area contributed by atoms with E-state index in [1.807, 2.05) is 0 Å². The smallest absolute Gasteiger partial charge is 0.438 e. The van der Waals surface area contributed by atoms with E-state index in [-0.39, 0.29) is 13.0 Å². The second-order valence-corrected chi connectivity index (χ2v) is 1.78. The van der Waals surface area contributed by atoms with Gasteiger partial charge in [0.2, 0.25) is 0 Å². The van der Waals surface area contributed by atoms with Crippen LogP contribution in [0.5, 0.6) is 0 Å². The number of ether oxygens (including phenoxy) is 3. The first-order valence-corrected chi connectivity index (χ1v) is 3.12. The van der Waals surface area contributed by atoms with Crippen LogP contribution in [0.2, 0.25) is 0 Å². The van der Waals surface area contributed by atoms with E-state index in [1.54, 1.807) is 0 Å². The first kappa shape index (κ1) is 10.2. The molecule has 0 saturated carbocycles. The van der Waals surface area contributed by atoms with Crippen molar-refractivity contribution in [2.24, 2.45) is 0 Å². The molecule has 1 atom stereocenters. The minimum Gasteiger partial charge on any atom is -0.438 e. The van der Waals surface area contributed by atoms with E-state index in [0.717, 1.165) is 0 Å². The molecule has 11 heavy (non-hydrogen) atoms. The molecule has 5 heteroatoms. The zero-order valence-electron chi connectivity index (χ0n) is 6.57. The molecule has 0 saturated heterocycles. The van der Waals surface area contributed by atoms with Crippen molar-refractivity contribution in [1.82, 2.24) is 0 Å². The van der Waals surface area contributed by atoms with Gasteiger partial charge >= 0.3 is 6.16 Å². The van der Waals surface area contributed by atoms with Gasteiger partial charge in [0.15, 0.2) is 6.29 Å². The summed E-state index contributed by atoms with van der Waals surface area (Å²) in [4.78, 5) is 10.3. The van der Waals surface area contributed by atoms with Crippen molar-refractivity contribution in [3.8, 4) is 0 Å². The second kappa shape index (κ2) is 5.94. The topological polar surface area (TPSA) is 65.0 Å². The van der Waals surface area contributed by atoms with Crippen molar-refractivity contribution in [3.63, 3.8) is 0 Å². The van der Waals surface area contributed by atoms with Crippen molar-refractivity contribution in [2.45, 2.75) is 12.7 Å². The number of carbonyl (C=O) groups is 1. The predicted octanol–water partition coefficient (Wildman–Crippen LogP) is 0.124. The molecule has 0 spiro atoms. The Hall–Kier alpha value is -0.810. The summed E-state index contributed by atoms with van der Waals surface area (Å²) in [5.41, 5.74) is 0. The number of aliphatic hydroxyl groups is 1. The largest absolute Gasteiger partial charge is 0.507 e. The molecule has 0 radical (unpaired) electrons. The SMILES string of the molecule is COC(=O)OCCC(O)OC. The lowest BCUT2D eigenvalue weighted by atomic mass is 10.4. The maximum absolute atomic E-state index is 10.3. The van der Waals surface area contributed by atoms with Crippen LogP contribution in [0.15, 0.2) is 0 Å². The van der Waals surface area contributed by atoms with E-state index >= 15 is 0 Å². The van der Waals surface area contributed by atoms with E-state index in [2.05, 4.69) is 14.2 Å². The number of rotatable bonds is 4. The number of hydrogen-bond acceptors (Lipinski definition) is 5. The maximum atomic E-state index is 10.3. The van der Waals surface area contributed by atoms with Crippen molar-refractivity contribution >= 4 is 6.16 Å². The molecule has 0 bridgehead atoms. The molecule has 0 rings (SSSR count). The standard InChI is InChI=1S/C6H12O5/c1-9-5(7)3-4-11-6(8)10-2/h5,7H,3-4H2,1-2H3. The van der Waals surface area contributed by atoms with Gasteiger partial charge in [-0.2, -0.15) is 0 Å². The molecule has 0 fully saturated rings. The minimum atomic E-state index is -0.889. The van der Waals surface area contributed by atoms with E-state index in [1.165, 1.54) is 14.2 Å². The first-order chi connectivity index (χ1) is 5.20. The first-order valence-electron chi connectivity index (χ1n) is 3.12. The molecule has 0 aliphatic carbocycles. The van der Waals surface area contributed by atoms with Gasteiger partial charge in [0.05, 0.1) is 13.7 Å². The summed E-state index contributed by atoms with van der Waals surface area (Å²) in [6.45, 7) is 0.0850. The summed E-state index contributed by atoms with van der Waals surface area (Å²) in [5.74, 6) is 0. The fourth-order valence-corrected chi connectivity index (χ4v) is 0.420. The number of methoxy groups -OCH3 is 2. The molecule has 5 nitrogen and oxygen atoms in total. The van der Waals surface area contributed by atoms with Gasteiger partial charge in [-0.05, 0) is 0 Å². The van der Waals surface area contributed by atoms with Gasteiger partial charge in [0, 0.05) is 13.5 Å². The summed E-state index contributed by atoms with van der Waals surface area (Å²) < 4.78 is 13.1. The fraction of sp³-hybridized carbons (Fsp3) is 0.833. The molecule has 0 amide bonds. The van der Waals surface area contributed by atoms with Crippen LogP contribution in [0.4, 0.5) is 4.79 Å². The Kier molecular flexibility index (Phi) is 5.50. The summed E-state index contributed by atoms with van der Waals surface area (Å²) in [5, 5.41) is 8.79. The van der Waals surface area contributed by atoms with E-state index < -0.39 is 12.4 Å². The van der Waals surface area contributed by atoms with Crippen LogP contribution in [-0.2, 0) is 14.2 Å². The number of hydrogen-bond donors (Lipinski definition) is 1. The number of aliphatic hydroxyl groups excluding tert-OH is 1. The van der Waals surface area contributed by atoms with Crippen molar-refractivity contribution < 1.29 is 24.1 Å². The van der Waals surface area contributed by atoms with Gasteiger partial charge in [-0.25, -0.2) is 4.79 Å². The lowest BCUT2D eigenvalue weighted by molar-refractivity contribution is -0.0873. The molecule has 0 aromatic rings. The van der Waals surface area contributed by atoms with Crippen molar-refractivity contribution in [3.05, 3.63) is 0 Å². The van der Waals surface area contributed by atoms with Crippen LogP contribution in [0.3, 0.4) is 0 Å². The highest BCUT2D eigenvalue weighted by atomic mass is 16.7. The molecule has 0 aliphatic rings. The Morgan fingerprint density at radius 1 is 1.55 bits per heavy atom. The highest BCUT2D eigenvalue weighted by Gasteiger charge is 2.04. The normalized spacial score (nSPS) is 12.3.